The summed E-state index contributed by atoms with van der Waals surface area (Å²) in [5.74, 6) is 2.15. The lowest BCUT2D eigenvalue weighted by atomic mass is 9.91. The third-order valence-corrected chi connectivity index (χ3v) is 3.82. The Hall–Kier alpha value is -1.87. The second-order valence-electron chi connectivity index (χ2n) is 5.34. The zero-order chi connectivity index (χ0) is 13.8. The van der Waals surface area contributed by atoms with E-state index in [1.807, 2.05) is 18.2 Å². The van der Waals surface area contributed by atoms with Gasteiger partial charge in [-0.1, -0.05) is 23.8 Å². The van der Waals surface area contributed by atoms with Gasteiger partial charge in [0.15, 0.2) is 0 Å². The number of nitrogens with zero attached hydrogens (tertiary/aromatic N) is 1. The highest BCUT2D eigenvalue weighted by atomic mass is 16.5. The molecule has 3 heteroatoms. The lowest BCUT2D eigenvalue weighted by molar-refractivity contribution is 0.419. The topological polar surface area (TPSA) is 34.1 Å². The van der Waals surface area contributed by atoms with Gasteiger partial charge in [-0.25, -0.2) is 4.98 Å². The Kier molecular flexibility index (Phi) is 3.97. The van der Waals surface area contributed by atoms with Gasteiger partial charge in [0.1, 0.15) is 5.75 Å². The first-order valence-corrected chi connectivity index (χ1v) is 7.23. The molecule has 0 atom stereocenters. The van der Waals surface area contributed by atoms with Crippen molar-refractivity contribution in [2.24, 2.45) is 0 Å². The molecule has 1 fully saturated rings. The van der Waals surface area contributed by atoms with E-state index in [1.54, 1.807) is 6.20 Å². The van der Waals surface area contributed by atoms with Crippen LogP contribution in [0.25, 0.3) is 0 Å². The predicted molar refractivity (Wildman–Crippen MR) is 80.3 cm³/mol. The van der Waals surface area contributed by atoms with Crippen LogP contribution in [0, 0.1) is 6.92 Å². The third-order valence-electron chi connectivity index (χ3n) is 3.82. The molecule has 1 N–H and O–H groups in total. The van der Waals surface area contributed by atoms with E-state index in [1.165, 1.54) is 11.1 Å². The molecule has 104 valence electrons. The summed E-state index contributed by atoms with van der Waals surface area (Å²) in [7, 11) is 0. The maximum atomic E-state index is 5.99. The molecule has 2 heterocycles. The molecule has 0 saturated carbocycles. The van der Waals surface area contributed by atoms with Gasteiger partial charge in [-0.3, -0.25) is 0 Å². The second kappa shape index (κ2) is 6.06. The Morgan fingerprint density at radius 2 is 1.85 bits per heavy atom. The molecule has 2 aromatic rings. The van der Waals surface area contributed by atoms with Crippen LogP contribution in [0.3, 0.4) is 0 Å². The minimum absolute atomic E-state index is 0.547. The monoisotopic (exact) mass is 268 g/mol. The Morgan fingerprint density at radius 1 is 1.10 bits per heavy atom. The fourth-order valence-corrected chi connectivity index (χ4v) is 2.65. The van der Waals surface area contributed by atoms with E-state index in [9.17, 15) is 0 Å². The molecule has 1 aliphatic heterocycles. The predicted octanol–water partition coefficient (Wildman–Crippen LogP) is 3.65. The van der Waals surface area contributed by atoms with Crippen molar-refractivity contribution in [2.45, 2.75) is 25.7 Å². The van der Waals surface area contributed by atoms with E-state index in [2.05, 4.69) is 35.4 Å². The van der Waals surface area contributed by atoms with Crippen LogP contribution >= 0.6 is 0 Å². The number of pyridine rings is 1. The van der Waals surface area contributed by atoms with Gasteiger partial charge in [-0.15, -0.1) is 0 Å². The quantitative estimate of drug-likeness (QED) is 0.922. The van der Waals surface area contributed by atoms with Crippen molar-refractivity contribution in [1.29, 1.82) is 0 Å². The van der Waals surface area contributed by atoms with E-state index in [4.69, 9.17) is 4.74 Å². The normalized spacial score (nSPS) is 16.1. The lowest BCUT2D eigenvalue weighted by Crippen LogP contribution is -2.26. The number of hydrogen-bond acceptors (Lipinski definition) is 3. The van der Waals surface area contributed by atoms with Crippen molar-refractivity contribution < 1.29 is 4.74 Å². The highest BCUT2D eigenvalue weighted by Gasteiger charge is 2.19. The van der Waals surface area contributed by atoms with Gasteiger partial charge < -0.3 is 10.1 Å². The van der Waals surface area contributed by atoms with Gasteiger partial charge in [-0.2, -0.15) is 0 Å². The number of rotatable bonds is 3. The summed E-state index contributed by atoms with van der Waals surface area (Å²) in [5.41, 5.74) is 2.46. The summed E-state index contributed by atoms with van der Waals surface area (Å²) in [6.45, 7) is 4.22. The smallest absolute Gasteiger partial charge is 0.222 e. The van der Waals surface area contributed by atoms with Crippen molar-refractivity contribution in [3.05, 3.63) is 53.7 Å². The third kappa shape index (κ3) is 2.99. The molecular weight excluding hydrogens is 248 g/mol. The average Bonchev–Trinajstić information content (AvgIpc) is 2.51. The number of nitrogens with one attached hydrogen (secondary N) is 1. The van der Waals surface area contributed by atoms with Crippen LogP contribution in [0.15, 0.2) is 42.6 Å². The molecule has 20 heavy (non-hydrogen) atoms. The zero-order valence-electron chi connectivity index (χ0n) is 11.8. The van der Waals surface area contributed by atoms with Crippen molar-refractivity contribution in [3.63, 3.8) is 0 Å². The molecule has 1 aromatic carbocycles. The maximum Gasteiger partial charge on any atom is 0.222 e. The van der Waals surface area contributed by atoms with Crippen LogP contribution in [0.4, 0.5) is 0 Å². The van der Waals surface area contributed by atoms with Gasteiger partial charge in [-0.05, 0) is 57.0 Å². The molecule has 0 radical (unpaired) electrons. The first kappa shape index (κ1) is 13.1. The first-order chi connectivity index (χ1) is 9.83. The van der Waals surface area contributed by atoms with E-state index in [0.29, 0.717) is 5.92 Å². The number of aromatic nitrogens is 1. The Morgan fingerprint density at radius 3 is 2.60 bits per heavy atom. The summed E-state index contributed by atoms with van der Waals surface area (Å²) < 4.78 is 5.99. The van der Waals surface area contributed by atoms with Crippen molar-refractivity contribution in [3.8, 4) is 11.6 Å². The number of benzene rings is 1. The lowest BCUT2D eigenvalue weighted by Gasteiger charge is -2.24. The molecule has 1 aliphatic rings. The molecule has 3 nitrogen and oxygen atoms in total. The molecule has 1 aromatic heterocycles. The van der Waals surface area contributed by atoms with Crippen molar-refractivity contribution in [1.82, 2.24) is 10.3 Å². The van der Waals surface area contributed by atoms with Crippen LogP contribution in [-0.2, 0) is 0 Å². The minimum atomic E-state index is 0.547. The molecule has 0 aliphatic carbocycles. The zero-order valence-corrected chi connectivity index (χ0v) is 11.8. The molecule has 3 rings (SSSR count). The molecule has 0 unspecified atom stereocenters. The summed E-state index contributed by atoms with van der Waals surface area (Å²) in [6.07, 6.45) is 4.10. The fourth-order valence-electron chi connectivity index (χ4n) is 2.65. The maximum absolute atomic E-state index is 5.99. The van der Waals surface area contributed by atoms with Gasteiger partial charge in [0.2, 0.25) is 5.88 Å². The number of piperidine rings is 1. The van der Waals surface area contributed by atoms with Crippen LogP contribution in [0.5, 0.6) is 11.6 Å². The largest absolute Gasteiger partial charge is 0.439 e. The van der Waals surface area contributed by atoms with E-state index < -0.39 is 0 Å². The minimum Gasteiger partial charge on any atom is -0.439 e. The summed E-state index contributed by atoms with van der Waals surface area (Å²) in [4.78, 5) is 4.43. The van der Waals surface area contributed by atoms with Gasteiger partial charge in [0.05, 0.1) is 0 Å². The van der Waals surface area contributed by atoms with Crippen molar-refractivity contribution >= 4 is 0 Å². The van der Waals surface area contributed by atoms with E-state index in [0.717, 1.165) is 37.6 Å². The number of aryl methyl sites for hydroxylation is 1. The fraction of sp³-hybridized carbons (Fsp3) is 0.353. The van der Waals surface area contributed by atoms with Gasteiger partial charge in [0, 0.05) is 11.8 Å². The Bertz CT molecular complexity index is 559. The second-order valence-corrected chi connectivity index (χ2v) is 5.34. The Labute approximate surface area is 120 Å². The summed E-state index contributed by atoms with van der Waals surface area (Å²) in [5, 5.41) is 3.40. The molecule has 0 bridgehead atoms. The van der Waals surface area contributed by atoms with Crippen LogP contribution < -0.4 is 10.1 Å². The van der Waals surface area contributed by atoms with E-state index in [-0.39, 0.29) is 0 Å². The highest BCUT2D eigenvalue weighted by Crippen LogP contribution is 2.33. The van der Waals surface area contributed by atoms with Crippen LogP contribution in [-0.4, -0.2) is 18.1 Å². The standard InChI is InChI=1S/C17H20N2O/c1-13-4-6-15(7-5-13)20-17-16(3-2-10-19-17)14-8-11-18-12-9-14/h2-7,10,14,18H,8-9,11-12H2,1H3. The van der Waals surface area contributed by atoms with Gasteiger partial charge >= 0.3 is 0 Å². The molecule has 1 saturated heterocycles. The molecule has 0 amide bonds. The summed E-state index contributed by atoms with van der Waals surface area (Å²) in [6, 6.07) is 12.3. The molecule has 0 spiro atoms. The first-order valence-electron chi connectivity index (χ1n) is 7.23. The average molecular weight is 268 g/mol. The summed E-state index contributed by atoms with van der Waals surface area (Å²) >= 11 is 0. The van der Waals surface area contributed by atoms with Crippen molar-refractivity contribution in [2.75, 3.05) is 13.1 Å². The van der Waals surface area contributed by atoms with Crippen LogP contribution in [0.2, 0.25) is 0 Å². The van der Waals surface area contributed by atoms with Crippen LogP contribution in [0.1, 0.15) is 29.9 Å². The Balaban J connectivity index is 1.83. The number of hydrogen-bond donors (Lipinski definition) is 1. The SMILES string of the molecule is Cc1ccc(Oc2ncccc2C2CCNCC2)cc1. The molecular formula is C17H20N2O. The van der Waals surface area contributed by atoms with E-state index >= 15 is 0 Å². The number of ether oxygens (including phenoxy) is 1. The van der Waals surface area contributed by atoms with Gasteiger partial charge in [0.25, 0.3) is 0 Å². The highest BCUT2D eigenvalue weighted by molar-refractivity contribution is 5.35.